The first-order valence-electron chi connectivity index (χ1n) is 21.0. The average Bonchev–Trinajstić information content (AvgIpc) is 3.15. The second kappa shape index (κ2) is 14.7. The van der Waals surface area contributed by atoms with Crippen molar-refractivity contribution in [1.29, 1.82) is 0 Å². The van der Waals surface area contributed by atoms with Gasteiger partial charge in [0.25, 0.3) is 0 Å². The van der Waals surface area contributed by atoms with Crippen LogP contribution in [0.1, 0.15) is 106 Å². The Hall–Kier alpha value is -1.76. The van der Waals surface area contributed by atoms with Crippen LogP contribution in [-0.2, 0) is 28.5 Å². The number of allylic oxidation sites excluding steroid dienone is 2. The van der Waals surface area contributed by atoms with E-state index in [4.69, 9.17) is 18.9 Å². The number of fused-ring (bicyclic) bond motifs is 7. The first kappa shape index (κ1) is 43.3. The highest BCUT2D eigenvalue weighted by Crippen LogP contribution is 2.76. The van der Waals surface area contributed by atoms with Gasteiger partial charge < -0.3 is 64.9 Å². The van der Waals surface area contributed by atoms with Crippen molar-refractivity contribution in [2.45, 2.75) is 173 Å². The number of rotatable bonds is 8. The average molecular weight is 811 g/mol. The second-order valence-corrected chi connectivity index (χ2v) is 20.5. The molecular weight excluding hydrogens is 744 g/mol. The zero-order chi connectivity index (χ0) is 41.8. The van der Waals surface area contributed by atoms with Crippen LogP contribution in [0.4, 0.5) is 0 Å². The fourth-order valence-corrected chi connectivity index (χ4v) is 13.6. The van der Waals surface area contributed by atoms with E-state index < -0.39 is 96.9 Å². The van der Waals surface area contributed by atoms with Crippen LogP contribution in [0.5, 0.6) is 0 Å². The second-order valence-electron chi connectivity index (χ2n) is 20.5. The number of ether oxygens (including phenoxy) is 4. The highest BCUT2D eigenvalue weighted by atomic mass is 16.8. The number of aliphatic hydroxyl groups is 7. The van der Waals surface area contributed by atoms with E-state index in [1.807, 2.05) is 6.92 Å². The highest BCUT2D eigenvalue weighted by molar-refractivity contribution is 5.76. The van der Waals surface area contributed by atoms with Gasteiger partial charge in [0.05, 0.1) is 24.7 Å². The van der Waals surface area contributed by atoms with Crippen molar-refractivity contribution in [2.75, 3.05) is 13.2 Å². The molecule has 7 aliphatic rings. The molecule has 324 valence electrons. The Morgan fingerprint density at radius 3 is 2.07 bits per heavy atom. The normalized spacial score (nSPS) is 53.3. The summed E-state index contributed by atoms with van der Waals surface area (Å²) in [5.74, 6) is -2.12. The fraction of sp³-hybridized carbons (Fsp3) is 0.905. The third-order valence-electron chi connectivity index (χ3n) is 17.4. The molecule has 19 atom stereocenters. The Balaban J connectivity index is 1.17. The van der Waals surface area contributed by atoms with Gasteiger partial charge in [-0.15, -0.1) is 0 Å². The minimum Gasteiger partial charge on any atom is -0.481 e. The number of carboxylic acids is 2. The first-order valence-corrected chi connectivity index (χ1v) is 21.0. The van der Waals surface area contributed by atoms with Crippen molar-refractivity contribution in [1.82, 2.24) is 0 Å². The molecule has 4 saturated carbocycles. The summed E-state index contributed by atoms with van der Waals surface area (Å²) in [7, 11) is 0. The molecule has 2 saturated heterocycles. The van der Waals surface area contributed by atoms with Crippen molar-refractivity contribution >= 4 is 11.9 Å². The van der Waals surface area contributed by atoms with E-state index in [0.29, 0.717) is 25.7 Å². The Morgan fingerprint density at radius 2 is 1.44 bits per heavy atom. The SMILES string of the molecule is CC1(C)CC[C@]2(C(=O)O)CC[C@]3(C)C(=CC[C@@H]4[C@@]5(C)CC[C@H](O[C@@H]6O[C@H](CO)[C@H](O)[C@H](O)[C@H]6O[C@@H]6O[C@H](C(=O)O)[C@@H](O)[C@H](O)[C@H]6O)[C@@](C)(CO)[C@H]5CC[C@]43C)[C@@H]2C1. The maximum absolute atomic E-state index is 13.1. The van der Waals surface area contributed by atoms with Crippen molar-refractivity contribution < 1.29 is 74.5 Å². The topological polar surface area (TPSA) is 253 Å². The molecule has 15 nitrogen and oxygen atoms in total. The van der Waals surface area contributed by atoms with Crippen LogP contribution >= 0.6 is 0 Å². The van der Waals surface area contributed by atoms with Crippen molar-refractivity contribution in [3.8, 4) is 0 Å². The summed E-state index contributed by atoms with van der Waals surface area (Å²) in [5.41, 5.74) is -0.792. The zero-order valence-corrected chi connectivity index (χ0v) is 34.1. The van der Waals surface area contributed by atoms with E-state index in [9.17, 15) is 55.5 Å². The molecular formula is C42H66O15. The summed E-state index contributed by atoms with van der Waals surface area (Å²) in [6, 6.07) is 0. The quantitative estimate of drug-likeness (QED) is 0.126. The van der Waals surface area contributed by atoms with Crippen LogP contribution in [0.2, 0.25) is 0 Å². The molecule has 7 rings (SSSR count). The van der Waals surface area contributed by atoms with E-state index in [1.54, 1.807) is 0 Å². The summed E-state index contributed by atoms with van der Waals surface area (Å²) in [6.07, 6.45) is -8.45. The largest absolute Gasteiger partial charge is 0.481 e. The summed E-state index contributed by atoms with van der Waals surface area (Å²) in [6.45, 7) is 12.7. The van der Waals surface area contributed by atoms with Gasteiger partial charge in [0.1, 0.15) is 42.7 Å². The van der Waals surface area contributed by atoms with E-state index in [-0.39, 0.29) is 46.0 Å². The van der Waals surface area contributed by atoms with Gasteiger partial charge >= 0.3 is 11.9 Å². The molecule has 0 radical (unpaired) electrons. The van der Waals surface area contributed by atoms with Gasteiger partial charge in [-0.25, -0.2) is 4.79 Å². The van der Waals surface area contributed by atoms with Gasteiger partial charge in [-0.05, 0) is 104 Å². The van der Waals surface area contributed by atoms with Crippen molar-refractivity contribution in [3.63, 3.8) is 0 Å². The van der Waals surface area contributed by atoms with Gasteiger partial charge in [0, 0.05) is 5.41 Å². The third kappa shape index (κ3) is 6.39. The third-order valence-corrected chi connectivity index (χ3v) is 17.4. The minimum atomic E-state index is -1.98. The van der Waals surface area contributed by atoms with E-state index in [1.165, 1.54) is 5.57 Å². The van der Waals surface area contributed by atoms with Crippen molar-refractivity contribution in [2.24, 2.45) is 50.2 Å². The summed E-state index contributed by atoms with van der Waals surface area (Å²) in [4.78, 5) is 24.9. The predicted molar refractivity (Wildman–Crippen MR) is 200 cm³/mol. The summed E-state index contributed by atoms with van der Waals surface area (Å²) >= 11 is 0. The maximum atomic E-state index is 13.1. The molecule has 5 aliphatic carbocycles. The number of carbonyl (C=O) groups is 2. The molecule has 9 N–H and O–H groups in total. The molecule has 0 aromatic rings. The molecule has 0 aromatic carbocycles. The zero-order valence-electron chi connectivity index (χ0n) is 34.1. The van der Waals surface area contributed by atoms with Crippen LogP contribution in [-0.4, -0.2) is 139 Å². The monoisotopic (exact) mass is 810 g/mol. The Morgan fingerprint density at radius 1 is 0.754 bits per heavy atom. The van der Waals surface area contributed by atoms with Crippen LogP contribution < -0.4 is 0 Å². The van der Waals surface area contributed by atoms with Crippen LogP contribution in [0, 0.1) is 50.2 Å². The standard InChI is InChI=1S/C42H66O15/c1-37(2)13-15-42(36(52)53)16-14-40(5)20(21(42)17-37)7-8-24-38(3)11-10-25(39(4,19-44)23(38)9-12-41(24,40)6)55-35-32(28(47)26(45)22(18-43)54-35)57-34-30(49)27(46)29(48)31(56-34)33(50)51/h7,21-32,34-35,43-49H,8-19H2,1-6H3,(H,50,51)(H,52,53)/t21-,22+,23-,24+,25-,26-,27-,28-,29-,30+,31-,32+,34-,35-,38-,39-,40+,41+,42-/m0/s1. The van der Waals surface area contributed by atoms with Gasteiger partial charge in [-0.2, -0.15) is 0 Å². The van der Waals surface area contributed by atoms with Crippen LogP contribution in [0.3, 0.4) is 0 Å². The highest BCUT2D eigenvalue weighted by Gasteiger charge is 2.70. The lowest BCUT2D eigenvalue weighted by Crippen LogP contribution is -2.67. The lowest BCUT2D eigenvalue weighted by Gasteiger charge is -2.71. The first-order chi connectivity index (χ1) is 26.5. The Bertz CT molecular complexity index is 1590. The number of carboxylic acid groups (broad SMARTS) is 2. The van der Waals surface area contributed by atoms with E-state index in [2.05, 4.69) is 40.7 Å². The smallest absolute Gasteiger partial charge is 0.335 e. The molecule has 6 fully saturated rings. The molecule has 2 heterocycles. The molecule has 15 heteroatoms. The van der Waals surface area contributed by atoms with Gasteiger partial charge in [0.2, 0.25) is 0 Å². The molecule has 57 heavy (non-hydrogen) atoms. The Labute approximate surface area is 334 Å². The Kier molecular flexibility index (Phi) is 11.2. The summed E-state index contributed by atoms with van der Waals surface area (Å²) in [5, 5.41) is 95.2. The predicted octanol–water partition coefficient (Wildman–Crippen LogP) is 1.95. The van der Waals surface area contributed by atoms with Gasteiger partial charge in [-0.3, -0.25) is 4.79 Å². The van der Waals surface area contributed by atoms with Gasteiger partial charge in [-0.1, -0.05) is 53.2 Å². The van der Waals surface area contributed by atoms with Crippen LogP contribution in [0.15, 0.2) is 11.6 Å². The van der Waals surface area contributed by atoms with E-state index in [0.717, 1.165) is 38.5 Å². The molecule has 0 unspecified atom stereocenters. The minimum absolute atomic E-state index is 0.0154. The molecule has 2 aliphatic heterocycles. The van der Waals surface area contributed by atoms with Gasteiger partial charge in [0.15, 0.2) is 18.7 Å². The molecule has 0 bridgehead atoms. The molecule has 0 amide bonds. The molecule has 0 spiro atoms. The van der Waals surface area contributed by atoms with E-state index >= 15 is 0 Å². The van der Waals surface area contributed by atoms with Crippen LogP contribution in [0.25, 0.3) is 0 Å². The lowest BCUT2D eigenvalue weighted by atomic mass is 9.33. The number of aliphatic carboxylic acids is 2. The molecule has 0 aromatic heterocycles. The lowest BCUT2D eigenvalue weighted by molar-refractivity contribution is -0.376. The number of hydrogen-bond donors (Lipinski definition) is 9. The fourth-order valence-electron chi connectivity index (χ4n) is 13.6. The van der Waals surface area contributed by atoms with Crippen molar-refractivity contribution in [3.05, 3.63) is 11.6 Å². The number of aliphatic hydroxyl groups excluding tert-OH is 7. The maximum Gasteiger partial charge on any atom is 0.335 e. The number of hydrogen-bond acceptors (Lipinski definition) is 13. The summed E-state index contributed by atoms with van der Waals surface area (Å²) < 4.78 is 23.8.